The predicted octanol–water partition coefficient (Wildman–Crippen LogP) is 0.215. The molecule has 60 valence electrons. The van der Waals surface area contributed by atoms with Crippen LogP contribution in [-0.4, -0.2) is 16.4 Å². The Labute approximate surface area is 64.6 Å². The second-order valence-electron chi connectivity index (χ2n) is 1.92. The summed E-state index contributed by atoms with van der Waals surface area (Å²) in [5.74, 6) is -0.0637. The van der Waals surface area contributed by atoms with Crippen molar-refractivity contribution in [1.82, 2.24) is 4.98 Å². The minimum Gasteiger partial charge on any atom is -0.412 e. The van der Waals surface area contributed by atoms with Gasteiger partial charge in [0.25, 0.3) is 0 Å². The molecule has 0 spiro atoms. The molecule has 1 heterocycles. The maximum absolute atomic E-state index is 10.5. The molecule has 1 amide bonds. The Morgan fingerprint density at radius 3 is 2.45 bits per heavy atom. The van der Waals surface area contributed by atoms with E-state index in [9.17, 15) is 4.79 Å². The Kier molecular flexibility index (Phi) is 3.84. The molecule has 0 aromatic carbocycles. The molecule has 4 nitrogen and oxygen atoms in total. The summed E-state index contributed by atoms with van der Waals surface area (Å²) in [7, 11) is 0. The van der Waals surface area contributed by atoms with Crippen LogP contribution in [0.5, 0.6) is 0 Å². The Balaban J connectivity index is 0.000001000. The van der Waals surface area contributed by atoms with Crippen molar-refractivity contribution in [2.75, 3.05) is 5.32 Å². The number of carbonyl (C=O) groups is 1. The molecule has 1 aromatic heterocycles. The summed E-state index contributed by atoms with van der Waals surface area (Å²) in [6.07, 6.45) is 3.26. The number of amides is 1. The molecule has 0 radical (unpaired) electrons. The molecule has 3 N–H and O–H groups in total. The first-order chi connectivity index (χ1) is 4.79. The van der Waals surface area contributed by atoms with Crippen LogP contribution in [0.3, 0.4) is 0 Å². The smallest absolute Gasteiger partial charge is 0.221 e. The van der Waals surface area contributed by atoms with Crippen LogP contribution < -0.4 is 5.32 Å². The van der Waals surface area contributed by atoms with E-state index >= 15 is 0 Å². The van der Waals surface area contributed by atoms with Crippen LogP contribution in [0.4, 0.5) is 5.69 Å². The van der Waals surface area contributed by atoms with Crippen LogP contribution in [0.1, 0.15) is 6.92 Å². The van der Waals surface area contributed by atoms with Crippen molar-refractivity contribution in [3.63, 3.8) is 0 Å². The molecular weight excluding hydrogens is 144 g/mol. The molecule has 1 rings (SSSR count). The fourth-order valence-electron chi connectivity index (χ4n) is 0.639. The summed E-state index contributed by atoms with van der Waals surface area (Å²) in [5.41, 5.74) is 0.780. The summed E-state index contributed by atoms with van der Waals surface area (Å²) in [4.78, 5) is 14.3. The van der Waals surface area contributed by atoms with E-state index in [1.165, 1.54) is 6.92 Å². The molecule has 11 heavy (non-hydrogen) atoms. The van der Waals surface area contributed by atoms with Gasteiger partial charge in [0.1, 0.15) is 0 Å². The average Bonchev–Trinajstić information content (AvgIpc) is 1.88. The molecule has 4 heteroatoms. The molecule has 0 fully saturated rings. The molecule has 1 aromatic rings. The van der Waals surface area contributed by atoms with E-state index < -0.39 is 0 Å². The topological polar surface area (TPSA) is 73.5 Å². The van der Waals surface area contributed by atoms with Crippen molar-refractivity contribution in [2.45, 2.75) is 6.92 Å². The highest BCUT2D eigenvalue weighted by atomic mass is 16.1. The zero-order valence-electron chi connectivity index (χ0n) is 6.16. The number of hydrogen-bond donors (Lipinski definition) is 1. The Hall–Kier alpha value is -1.42. The molecule has 0 saturated carbocycles. The maximum Gasteiger partial charge on any atom is 0.221 e. The van der Waals surface area contributed by atoms with Crippen molar-refractivity contribution < 1.29 is 10.3 Å². The van der Waals surface area contributed by atoms with Gasteiger partial charge in [-0.15, -0.1) is 0 Å². The number of anilines is 1. The third kappa shape index (κ3) is 3.32. The Bertz CT molecular complexity index is 223. The third-order valence-electron chi connectivity index (χ3n) is 1.00. The van der Waals surface area contributed by atoms with Crippen LogP contribution >= 0.6 is 0 Å². The van der Waals surface area contributed by atoms with Crippen LogP contribution in [0, 0.1) is 0 Å². The molecule has 0 aliphatic carbocycles. The zero-order chi connectivity index (χ0) is 7.40. The van der Waals surface area contributed by atoms with E-state index in [4.69, 9.17) is 0 Å². The molecule has 0 unspecified atom stereocenters. The zero-order valence-corrected chi connectivity index (χ0v) is 6.16. The lowest BCUT2D eigenvalue weighted by atomic mass is 10.4. The van der Waals surface area contributed by atoms with E-state index in [2.05, 4.69) is 10.3 Å². The summed E-state index contributed by atoms with van der Waals surface area (Å²) in [6, 6.07) is 3.47. The van der Waals surface area contributed by atoms with Gasteiger partial charge in [-0.2, -0.15) is 0 Å². The van der Waals surface area contributed by atoms with Gasteiger partial charge in [0, 0.05) is 25.0 Å². The van der Waals surface area contributed by atoms with Gasteiger partial charge < -0.3 is 10.8 Å². The highest BCUT2D eigenvalue weighted by Crippen LogP contribution is 2.01. The first kappa shape index (κ1) is 9.58. The predicted molar refractivity (Wildman–Crippen MR) is 42.2 cm³/mol. The SMILES string of the molecule is CC(=O)Nc1ccncc1.O. The van der Waals surface area contributed by atoms with Gasteiger partial charge in [0.2, 0.25) is 5.91 Å². The molecular formula is C7H10N2O2. The molecule has 0 atom stereocenters. The van der Waals surface area contributed by atoms with Crippen molar-refractivity contribution >= 4 is 11.6 Å². The fourth-order valence-corrected chi connectivity index (χ4v) is 0.639. The van der Waals surface area contributed by atoms with E-state index in [1.54, 1.807) is 24.5 Å². The van der Waals surface area contributed by atoms with Gasteiger partial charge in [-0.3, -0.25) is 9.78 Å². The lowest BCUT2D eigenvalue weighted by Crippen LogP contribution is -2.05. The minimum atomic E-state index is -0.0637. The van der Waals surface area contributed by atoms with Gasteiger partial charge in [0.15, 0.2) is 0 Å². The quantitative estimate of drug-likeness (QED) is 0.628. The van der Waals surface area contributed by atoms with Gasteiger partial charge in [-0.05, 0) is 12.1 Å². The van der Waals surface area contributed by atoms with E-state index in [1.807, 2.05) is 0 Å². The standard InChI is InChI=1S/C7H8N2O.H2O/c1-6(10)9-7-2-4-8-5-3-7;/h2-5H,1H3,(H,8,9,10);1H2. The van der Waals surface area contributed by atoms with Crippen LogP contribution in [0.2, 0.25) is 0 Å². The number of carbonyl (C=O) groups excluding carboxylic acids is 1. The second kappa shape index (κ2) is 4.40. The van der Waals surface area contributed by atoms with Crippen LogP contribution in [0.25, 0.3) is 0 Å². The minimum absolute atomic E-state index is 0. The maximum atomic E-state index is 10.5. The number of hydrogen-bond acceptors (Lipinski definition) is 2. The first-order valence-electron chi connectivity index (χ1n) is 2.96. The molecule has 0 aliphatic rings. The van der Waals surface area contributed by atoms with Gasteiger partial charge in [-0.1, -0.05) is 0 Å². The van der Waals surface area contributed by atoms with Crippen LogP contribution in [-0.2, 0) is 4.79 Å². The monoisotopic (exact) mass is 154 g/mol. The summed E-state index contributed by atoms with van der Waals surface area (Å²) in [5, 5.41) is 2.63. The molecule has 0 aliphatic heterocycles. The van der Waals surface area contributed by atoms with Crippen molar-refractivity contribution in [3.05, 3.63) is 24.5 Å². The highest BCUT2D eigenvalue weighted by molar-refractivity contribution is 5.88. The van der Waals surface area contributed by atoms with Crippen molar-refractivity contribution in [3.8, 4) is 0 Å². The largest absolute Gasteiger partial charge is 0.412 e. The first-order valence-corrected chi connectivity index (χ1v) is 2.96. The van der Waals surface area contributed by atoms with E-state index in [-0.39, 0.29) is 11.4 Å². The van der Waals surface area contributed by atoms with Crippen molar-refractivity contribution in [1.29, 1.82) is 0 Å². The normalized spacial score (nSPS) is 8.09. The molecule has 0 bridgehead atoms. The van der Waals surface area contributed by atoms with Gasteiger partial charge in [-0.25, -0.2) is 0 Å². The lowest BCUT2D eigenvalue weighted by Gasteiger charge is -1.97. The number of aromatic nitrogens is 1. The van der Waals surface area contributed by atoms with Gasteiger partial charge >= 0.3 is 0 Å². The van der Waals surface area contributed by atoms with Gasteiger partial charge in [0.05, 0.1) is 0 Å². The summed E-state index contributed by atoms with van der Waals surface area (Å²) in [6.45, 7) is 1.47. The van der Waals surface area contributed by atoms with E-state index in [0.717, 1.165) is 5.69 Å². The Morgan fingerprint density at radius 2 is 2.00 bits per heavy atom. The Morgan fingerprint density at radius 1 is 1.45 bits per heavy atom. The highest BCUT2D eigenvalue weighted by Gasteiger charge is 1.90. The van der Waals surface area contributed by atoms with Crippen LogP contribution in [0.15, 0.2) is 24.5 Å². The number of rotatable bonds is 1. The number of nitrogens with one attached hydrogen (secondary N) is 1. The molecule has 0 saturated heterocycles. The third-order valence-corrected chi connectivity index (χ3v) is 1.00. The second-order valence-corrected chi connectivity index (χ2v) is 1.92. The number of pyridine rings is 1. The van der Waals surface area contributed by atoms with E-state index in [0.29, 0.717) is 0 Å². The number of nitrogens with zero attached hydrogens (tertiary/aromatic N) is 1. The summed E-state index contributed by atoms with van der Waals surface area (Å²) >= 11 is 0. The fraction of sp³-hybridized carbons (Fsp3) is 0.143. The van der Waals surface area contributed by atoms with Crippen molar-refractivity contribution in [2.24, 2.45) is 0 Å². The average molecular weight is 154 g/mol. The lowest BCUT2D eigenvalue weighted by molar-refractivity contribution is -0.114. The summed E-state index contributed by atoms with van der Waals surface area (Å²) < 4.78 is 0.